The number of halogens is 4. The van der Waals surface area contributed by atoms with Crippen molar-refractivity contribution >= 4 is 57.3 Å². The Morgan fingerprint density at radius 3 is 2.50 bits per heavy atom. The summed E-state index contributed by atoms with van der Waals surface area (Å²) < 4.78 is 39.8. The van der Waals surface area contributed by atoms with Gasteiger partial charge in [0.2, 0.25) is 5.91 Å². The SMILES string of the molecule is N#C/C(C(=O)Nc1ncc(Cc2cccc(Cl)c2)s1)=C1/S[C@@H](Cc2cccc(C(F)(F)F)c2)C(=O)N1c1ccccc1. The number of nitrogens with one attached hydrogen (secondary N) is 1. The molecule has 12 heteroatoms. The number of hydrogen-bond acceptors (Lipinski definition) is 6. The van der Waals surface area contributed by atoms with Gasteiger partial charge in [-0.1, -0.05) is 71.9 Å². The predicted molar refractivity (Wildman–Crippen MR) is 158 cm³/mol. The molecule has 2 amide bonds. The summed E-state index contributed by atoms with van der Waals surface area (Å²) in [5, 5.41) is 12.8. The van der Waals surface area contributed by atoms with E-state index in [1.54, 1.807) is 42.6 Å². The first kappa shape index (κ1) is 29.4. The van der Waals surface area contributed by atoms with E-state index in [2.05, 4.69) is 10.3 Å². The number of carbonyl (C=O) groups excluding carboxylic acids is 2. The minimum absolute atomic E-state index is 0.0279. The Bertz CT molecular complexity index is 1720. The minimum Gasteiger partial charge on any atom is -0.297 e. The zero-order valence-corrected chi connectivity index (χ0v) is 23.9. The lowest BCUT2D eigenvalue weighted by Gasteiger charge is -2.18. The Labute approximate surface area is 252 Å². The van der Waals surface area contributed by atoms with Gasteiger partial charge in [0, 0.05) is 28.2 Å². The fraction of sp³-hybridized carbons (Fsp3) is 0.133. The second kappa shape index (κ2) is 12.4. The van der Waals surface area contributed by atoms with E-state index in [-0.39, 0.29) is 22.2 Å². The second-order valence-electron chi connectivity index (χ2n) is 9.20. The summed E-state index contributed by atoms with van der Waals surface area (Å²) in [6.45, 7) is 0. The molecular weight excluding hydrogens is 605 g/mol. The molecule has 0 saturated carbocycles. The van der Waals surface area contributed by atoms with Crippen LogP contribution in [0.3, 0.4) is 0 Å². The molecule has 1 saturated heterocycles. The number of thiazole rings is 1. The summed E-state index contributed by atoms with van der Waals surface area (Å²) >= 11 is 8.27. The molecule has 2 heterocycles. The van der Waals surface area contributed by atoms with Crippen LogP contribution in [-0.4, -0.2) is 22.0 Å². The molecule has 1 atom stereocenters. The van der Waals surface area contributed by atoms with Crippen molar-refractivity contribution in [3.8, 4) is 6.07 Å². The Kier molecular flexibility index (Phi) is 8.68. The number of nitrogens with zero attached hydrogens (tertiary/aromatic N) is 3. The van der Waals surface area contributed by atoms with Gasteiger partial charge in [0.05, 0.1) is 10.8 Å². The van der Waals surface area contributed by atoms with Gasteiger partial charge >= 0.3 is 6.18 Å². The van der Waals surface area contributed by atoms with Crippen molar-refractivity contribution in [1.82, 2.24) is 4.98 Å². The van der Waals surface area contributed by atoms with Gasteiger partial charge in [0.15, 0.2) is 5.13 Å². The first-order chi connectivity index (χ1) is 20.1. The summed E-state index contributed by atoms with van der Waals surface area (Å²) in [6.07, 6.45) is -2.39. The van der Waals surface area contributed by atoms with E-state index in [1.165, 1.54) is 28.4 Å². The quantitative estimate of drug-likeness (QED) is 0.170. The molecule has 1 N–H and O–H groups in total. The Hall–Kier alpha value is -4.11. The number of alkyl halides is 3. The lowest BCUT2D eigenvalue weighted by Crippen LogP contribution is -2.30. The maximum Gasteiger partial charge on any atom is 0.416 e. The molecule has 0 spiro atoms. The highest BCUT2D eigenvalue weighted by molar-refractivity contribution is 8.05. The topological polar surface area (TPSA) is 86.1 Å². The van der Waals surface area contributed by atoms with Crippen LogP contribution in [0.1, 0.15) is 21.6 Å². The van der Waals surface area contributed by atoms with E-state index in [4.69, 9.17) is 11.6 Å². The van der Waals surface area contributed by atoms with Crippen LogP contribution in [-0.2, 0) is 28.6 Å². The van der Waals surface area contributed by atoms with E-state index in [0.717, 1.165) is 34.3 Å². The highest BCUT2D eigenvalue weighted by Crippen LogP contribution is 2.42. The predicted octanol–water partition coefficient (Wildman–Crippen LogP) is 7.47. The average molecular weight is 625 g/mol. The third-order valence-electron chi connectivity index (χ3n) is 6.24. The van der Waals surface area contributed by atoms with Crippen molar-refractivity contribution in [3.63, 3.8) is 0 Å². The van der Waals surface area contributed by atoms with Crippen LogP contribution in [0.5, 0.6) is 0 Å². The summed E-state index contributed by atoms with van der Waals surface area (Å²) in [4.78, 5) is 33.3. The highest BCUT2D eigenvalue weighted by Gasteiger charge is 2.41. The number of rotatable bonds is 7. The number of hydrogen-bond donors (Lipinski definition) is 1. The van der Waals surface area contributed by atoms with Gasteiger partial charge in [-0.2, -0.15) is 18.4 Å². The lowest BCUT2D eigenvalue weighted by molar-refractivity contribution is -0.137. The fourth-order valence-corrected chi connectivity index (χ4v) is 6.71. The van der Waals surface area contributed by atoms with Crippen LogP contribution in [0, 0.1) is 11.3 Å². The van der Waals surface area contributed by atoms with Gasteiger partial charge in [-0.05, 0) is 47.9 Å². The van der Waals surface area contributed by atoms with Crippen LogP contribution >= 0.6 is 34.7 Å². The van der Waals surface area contributed by atoms with Crippen molar-refractivity contribution in [2.45, 2.75) is 24.3 Å². The molecular formula is C30H20ClF3N4O2S2. The number of anilines is 2. The summed E-state index contributed by atoms with van der Waals surface area (Å²) in [6, 6.07) is 22.5. The zero-order valence-electron chi connectivity index (χ0n) is 21.6. The van der Waals surface area contributed by atoms with Crippen molar-refractivity contribution in [3.05, 3.63) is 122 Å². The van der Waals surface area contributed by atoms with Gasteiger partial charge in [-0.3, -0.25) is 19.8 Å². The molecule has 0 radical (unpaired) electrons. The van der Waals surface area contributed by atoms with Crippen LogP contribution in [0.15, 0.2) is 95.7 Å². The third-order valence-corrected chi connectivity index (χ3v) is 8.65. The standard InChI is InChI=1S/C30H20ClF3N4O2S2/c31-21-9-5-7-19(13-21)14-23-17-36-29(41-23)37-26(39)24(16-35)28-38(22-10-2-1-3-11-22)27(40)25(42-28)15-18-6-4-8-20(12-18)30(32,33)34/h1-13,17,25H,14-15H2,(H,36,37,39)/b28-24-/t25-/m0/s1. The van der Waals surface area contributed by atoms with Gasteiger partial charge in [-0.25, -0.2) is 4.98 Å². The Morgan fingerprint density at radius 2 is 1.79 bits per heavy atom. The molecule has 1 aliphatic rings. The summed E-state index contributed by atoms with van der Waals surface area (Å²) in [5.74, 6) is -1.20. The second-order valence-corrected chi connectivity index (χ2v) is 11.9. The zero-order chi connectivity index (χ0) is 29.9. The molecule has 0 bridgehead atoms. The van der Waals surface area contributed by atoms with Crippen LogP contribution in [0.25, 0.3) is 0 Å². The van der Waals surface area contributed by atoms with E-state index in [1.807, 2.05) is 24.3 Å². The first-order valence-electron chi connectivity index (χ1n) is 12.5. The smallest absolute Gasteiger partial charge is 0.297 e. The number of para-hydroxylation sites is 1. The van der Waals surface area contributed by atoms with Gasteiger partial charge in [0.1, 0.15) is 16.7 Å². The van der Waals surface area contributed by atoms with Crippen LogP contribution in [0.4, 0.5) is 24.0 Å². The number of benzene rings is 3. The fourth-order valence-electron chi connectivity index (χ4n) is 4.34. The number of nitriles is 1. The molecule has 3 aromatic carbocycles. The van der Waals surface area contributed by atoms with Gasteiger partial charge in [-0.15, -0.1) is 11.3 Å². The van der Waals surface area contributed by atoms with Crippen molar-refractivity contribution < 1.29 is 22.8 Å². The van der Waals surface area contributed by atoms with Crippen LogP contribution < -0.4 is 10.2 Å². The van der Waals surface area contributed by atoms with E-state index >= 15 is 0 Å². The molecule has 42 heavy (non-hydrogen) atoms. The molecule has 1 aliphatic heterocycles. The third kappa shape index (κ3) is 6.68. The highest BCUT2D eigenvalue weighted by atomic mass is 35.5. The molecule has 212 valence electrons. The number of amides is 2. The van der Waals surface area contributed by atoms with Crippen molar-refractivity contribution in [2.24, 2.45) is 0 Å². The number of carbonyl (C=O) groups is 2. The first-order valence-corrected chi connectivity index (χ1v) is 14.6. The average Bonchev–Trinajstić information content (AvgIpc) is 3.52. The number of aromatic nitrogens is 1. The molecule has 6 nitrogen and oxygen atoms in total. The minimum atomic E-state index is -4.53. The number of thioether (sulfide) groups is 1. The Balaban J connectivity index is 1.42. The molecule has 5 rings (SSSR count). The molecule has 1 fully saturated rings. The van der Waals surface area contributed by atoms with E-state index < -0.39 is 28.8 Å². The molecule has 0 unspecified atom stereocenters. The summed E-state index contributed by atoms with van der Waals surface area (Å²) in [7, 11) is 0. The van der Waals surface area contributed by atoms with Crippen molar-refractivity contribution in [1.29, 1.82) is 5.26 Å². The largest absolute Gasteiger partial charge is 0.416 e. The lowest BCUT2D eigenvalue weighted by atomic mass is 10.1. The van der Waals surface area contributed by atoms with Gasteiger partial charge in [0.25, 0.3) is 5.91 Å². The Morgan fingerprint density at radius 1 is 1.05 bits per heavy atom. The maximum absolute atomic E-state index is 13.6. The summed E-state index contributed by atoms with van der Waals surface area (Å²) in [5.41, 5.74) is 0.574. The van der Waals surface area contributed by atoms with E-state index in [0.29, 0.717) is 22.7 Å². The monoisotopic (exact) mass is 624 g/mol. The molecule has 1 aromatic heterocycles. The molecule has 4 aromatic rings. The maximum atomic E-state index is 13.6. The molecule has 0 aliphatic carbocycles. The van der Waals surface area contributed by atoms with Crippen LogP contribution in [0.2, 0.25) is 5.02 Å². The van der Waals surface area contributed by atoms with Crippen molar-refractivity contribution in [2.75, 3.05) is 10.2 Å². The normalized spacial score (nSPS) is 16.3. The van der Waals surface area contributed by atoms with Gasteiger partial charge < -0.3 is 0 Å². The van der Waals surface area contributed by atoms with E-state index in [9.17, 15) is 28.0 Å².